The van der Waals surface area contributed by atoms with Crippen molar-refractivity contribution < 1.29 is 17.9 Å². The molecule has 0 aliphatic carbocycles. The second-order valence-corrected chi connectivity index (χ2v) is 3.95. The van der Waals surface area contributed by atoms with Crippen molar-refractivity contribution in [2.45, 2.75) is 13.3 Å². The summed E-state index contributed by atoms with van der Waals surface area (Å²) < 4.78 is 41.1. The van der Waals surface area contributed by atoms with Gasteiger partial charge in [0.25, 0.3) is 0 Å². The molecule has 1 heterocycles. The van der Waals surface area contributed by atoms with Crippen LogP contribution in [-0.2, 0) is 0 Å². The average Bonchev–Trinajstić information content (AvgIpc) is 2.58. The minimum Gasteiger partial charge on any atom is -0.406 e. The molecule has 0 saturated heterocycles. The van der Waals surface area contributed by atoms with Crippen LogP contribution in [0.4, 0.5) is 13.2 Å². The molecule has 7 heteroatoms. The molecular weight excluding hydrogens is 269 g/mol. The van der Waals surface area contributed by atoms with E-state index in [9.17, 15) is 13.2 Å². The van der Waals surface area contributed by atoms with Gasteiger partial charge in [-0.3, -0.25) is 0 Å². The average molecular weight is 277 g/mol. The SMILES string of the molecule is Cc1cn(-c2ccc(OC(F)(F)F)cc2)nc1Cl. The first-order chi connectivity index (χ1) is 8.35. The van der Waals surface area contributed by atoms with Crippen LogP contribution < -0.4 is 4.74 Å². The van der Waals surface area contributed by atoms with Gasteiger partial charge in [0.2, 0.25) is 0 Å². The van der Waals surface area contributed by atoms with Gasteiger partial charge < -0.3 is 4.74 Å². The molecule has 18 heavy (non-hydrogen) atoms. The Bertz CT molecular complexity index is 529. The summed E-state index contributed by atoms with van der Waals surface area (Å²) in [5.41, 5.74) is 1.38. The second kappa shape index (κ2) is 4.53. The van der Waals surface area contributed by atoms with Crippen molar-refractivity contribution >= 4 is 11.6 Å². The van der Waals surface area contributed by atoms with E-state index in [1.165, 1.54) is 28.9 Å². The zero-order valence-corrected chi connectivity index (χ0v) is 9.96. The summed E-state index contributed by atoms with van der Waals surface area (Å²) >= 11 is 5.79. The van der Waals surface area contributed by atoms with Gasteiger partial charge >= 0.3 is 6.36 Å². The highest BCUT2D eigenvalue weighted by atomic mass is 35.5. The van der Waals surface area contributed by atoms with Gasteiger partial charge in [-0.05, 0) is 31.2 Å². The van der Waals surface area contributed by atoms with E-state index < -0.39 is 6.36 Å². The van der Waals surface area contributed by atoms with Crippen molar-refractivity contribution in [3.63, 3.8) is 0 Å². The van der Waals surface area contributed by atoms with E-state index in [1.54, 1.807) is 13.1 Å². The van der Waals surface area contributed by atoms with Crippen LogP contribution in [0.5, 0.6) is 5.75 Å². The fraction of sp³-hybridized carbons (Fsp3) is 0.182. The van der Waals surface area contributed by atoms with Crippen molar-refractivity contribution in [2.24, 2.45) is 0 Å². The first-order valence-electron chi connectivity index (χ1n) is 4.93. The van der Waals surface area contributed by atoms with Crippen LogP contribution in [0.15, 0.2) is 30.5 Å². The molecule has 0 fully saturated rings. The summed E-state index contributed by atoms with van der Waals surface area (Å²) in [7, 11) is 0. The third-order valence-electron chi connectivity index (χ3n) is 2.17. The highest BCUT2D eigenvalue weighted by molar-refractivity contribution is 6.30. The van der Waals surface area contributed by atoms with Gasteiger partial charge in [-0.25, -0.2) is 4.68 Å². The van der Waals surface area contributed by atoms with Gasteiger partial charge in [0, 0.05) is 11.8 Å². The Hall–Kier alpha value is -1.69. The monoisotopic (exact) mass is 276 g/mol. The Morgan fingerprint density at radius 1 is 1.22 bits per heavy atom. The third-order valence-corrected chi connectivity index (χ3v) is 2.55. The largest absolute Gasteiger partial charge is 0.573 e. The van der Waals surface area contributed by atoms with Gasteiger partial charge in [-0.2, -0.15) is 5.10 Å². The number of rotatable bonds is 2. The maximum Gasteiger partial charge on any atom is 0.573 e. The Labute approximate surface area is 106 Å². The van der Waals surface area contributed by atoms with Gasteiger partial charge in [-0.1, -0.05) is 11.6 Å². The Kier molecular flexibility index (Phi) is 3.21. The summed E-state index contributed by atoms with van der Waals surface area (Å²) in [6.07, 6.45) is -3.00. The lowest BCUT2D eigenvalue weighted by atomic mass is 10.3. The molecule has 0 saturated carbocycles. The quantitative estimate of drug-likeness (QED) is 0.836. The smallest absolute Gasteiger partial charge is 0.406 e. The molecule has 0 unspecified atom stereocenters. The van der Waals surface area contributed by atoms with Crippen molar-refractivity contribution in [1.82, 2.24) is 9.78 Å². The van der Waals surface area contributed by atoms with Crippen LogP contribution in [0.1, 0.15) is 5.56 Å². The zero-order chi connectivity index (χ0) is 13.3. The fourth-order valence-electron chi connectivity index (χ4n) is 1.37. The van der Waals surface area contributed by atoms with E-state index in [-0.39, 0.29) is 5.75 Å². The highest BCUT2D eigenvalue weighted by Crippen LogP contribution is 2.24. The van der Waals surface area contributed by atoms with Crippen molar-refractivity contribution in [2.75, 3.05) is 0 Å². The second-order valence-electron chi connectivity index (χ2n) is 3.59. The van der Waals surface area contributed by atoms with E-state index in [1.807, 2.05) is 0 Å². The number of aryl methyl sites for hydroxylation is 1. The van der Waals surface area contributed by atoms with Gasteiger partial charge in [0.15, 0.2) is 5.15 Å². The molecule has 0 radical (unpaired) electrons. The fourth-order valence-corrected chi connectivity index (χ4v) is 1.50. The van der Waals surface area contributed by atoms with Crippen LogP contribution in [0.2, 0.25) is 5.15 Å². The Balaban J connectivity index is 2.22. The number of hydrogen-bond acceptors (Lipinski definition) is 2. The molecule has 96 valence electrons. The van der Waals surface area contributed by atoms with Crippen molar-refractivity contribution in [1.29, 1.82) is 0 Å². The normalized spacial score (nSPS) is 11.6. The molecule has 0 atom stereocenters. The standard InChI is InChI=1S/C11H8ClF3N2O/c1-7-6-17(16-10(7)12)8-2-4-9(5-3-8)18-11(13,14)15/h2-6H,1H3. The first kappa shape index (κ1) is 12.8. The van der Waals surface area contributed by atoms with Crippen LogP contribution >= 0.6 is 11.6 Å². The molecule has 0 amide bonds. The minimum atomic E-state index is -4.69. The van der Waals surface area contributed by atoms with Crippen molar-refractivity contribution in [3.05, 3.63) is 41.2 Å². The van der Waals surface area contributed by atoms with Crippen LogP contribution in [-0.4, -0.2) is 16.1 Å². The molecule has 0 bridgehead atoms. The molecule has 1 aromatic carbocycles. The number of nitrogens with zero attached hydrogens (tertiary/aromatic N) is 2. The van der Waals surface area contributed by atoms with Gasteiger partial charge in [0.1, 0.15) is 5.75 Å². The summed E-state index contributed by atoms with van der Waals surface area (Å²) in [5.74, 6) is -0.277. The summed E-state index contributed by atoms with van der Waals surface area (Å²) in [6, 6.07) is 5.36. The van der Waals surface area contributed by atoms with E-state index in [2.05, 4.69) is 9.84 Å². The topological polar surface area (TPSA) is 27.1 Å². The number of hydrogen-bond donors (Lipinski definition) is 0. The van der Waals surface area contributed by atoms with Gasteiger partial charge in [-0.15, -0.1) is 13.2 Å². The maximum atomic E-state index is 12.0. The summed E-state index contributed by atoms with van der Waals surface area (Å²) in [6.45, 7) is 1.78. The predicted octanol–water partition coefficient (Wildman–Crippen LogP) is 3.73. The highest BCUT2D eigenvalue weighted by Gasteiger charge is 2.30. The van der Waals surface area contributed by atoms with E-state index in [4.69, 9.17) is 11.6 Å². The van der Waals surface area contributed by atoms with Crippen LogP contribution in [0, 0.1) is 6.92 Å². The molecule has 1 aromatic heterocycles. The molecule has 0 aliphatic rings. The number of benzene rings is 1. The maximum absolute atomic E-state index is 12.0. The van der Waals surface area contributed by atoms with E-state index >= 15 is 0 Å². The summed E-state index contributed by atoms with van der Waals surface area (Å²) in [4.78, 5) is 0. The van der Waals surface area contributed by atoms with Gasteiger partial charge in [0.05, 0.1) is 5.69 Å². The van der Waals surface area contributed by atoms with E-state index in [0.29, 0.717) is 10.8 Å². The first-order valence-corrected chi connectivity index (χ1v) is 5.31. The van der Waals surface area contributed by atoms with Crippen LogP contribution in [0.25, 0.3) is 5.69 Å². The number of ether oxygens (including phenoxy) is 1. The predicted molar refractivity (Wildman–Crippen MR) is 60.0 cm³/mol. The number of halogens is 4. The molecule has 2 aromatic rings. The lowest BCUT2D eigenvalue weighted by molar-refractivity contribution is -0.274. The van der Waals surface area contributed by atoms with E-state index in [0.717, 1.165) is 5.56 Å². The van der Waals surface area contributed by atoms with Crippen molar-refractivity contribution in [3.8, 4) is 11.4 Å². The van der Waals surface area contributed by atoms with Crippen LogP contribution in [0.3, 0.4) is 0 Å². The molecular formula is C11H8ClF3N2O. The molecule has 0 N–H and O–H groups in total. The summed E-state index contributed by atoms with van der Waals surface area (Å²) in [5, 5.41) is 4.36. The minimum absolute atomic E-state index is 0.277. The lowest BCUT2D eigenvalue weighted by Gasteiger charge is -2.09. The lowest BCUT2D eigenvalue weighted by Crippen LogP contribution is -2.17. The molecule has 3 nitrogen and oxygen atoms in total. The molecule has 0 spiro atoms. The Morgan fingerprint density at radius 3 is 2.28 bits per heavy atom. The molecule has 2 rings (SSSR count). The number of aromatic nitrogens is 2. The number of alkyl halides is 3. The third kappa shape index (κ3) is 2.95. The Morgan fingerprint density at radius 2 is 1.83 bits per heavy atom. The molecule has 0 aliphatic heterocycles. The zero-order valence-electron chi connectivity index (χ0n) is 9.20.